The molecule has 31 N–H and O–H groups in total. The molecule has 0 radical (unpaired) electrons. The number of hydrogen-bond acceptors (Lipinski definition) is 40. The van der Waals surface area contributed by atoms with E-state index in [2.05, 4.69) is 30.8 Å². The van der Waals surface area contributed by atoms with E-state index in [1.807, 2.05) is 15.0 Å². The average Bonchev–Trinajstić information content (AvgIpc) is 1.64. The Kier molecular flexibility index (Phi) is 43.5. The first kappa shape index (κ1) is 119. The summed E-state index contributed by atoms with van der Waals surface area (Å²) in [5.41, 5.74) is -3.45. The Morgan fingerprint density at radius 3 is 0.841 bits per heavy atom. The van der Waals surface area contributed by atoms with Crippen LogP contribution in [-0.2, 0) is 96.1 Å². The Morgan fingerprint density at radius 2 is 0.629 bits per heavy atom. The molecule has 132 heavy (non-hydrogen) atoms. The fraction of sp³-hybridized carbons (Fsp3) is 0.500. The van der Waals surface area contributed by atoms with Crippen LogP contribution in [0.15, 0.2) is 87.4 Å². The number of hydrogen-bond donors (Lipinski definition) is 26. The molecule has 4 fully saturated rings. The van der Waals surface area contributed by atoms with Gasteiger partial charge in [0.25, 0.3) is 22.2 Å². The second kappa shape index (κ2) is 48.4. The maximum atomic E-state index is 12.2. The molecular weight excluding hydrogens is 2040 g/mol. The van der Waals surface area contributed by atoms with E-state index >= 15 is 0 Å². The Hall–Kier alpha value is -7.59. The van der Waals surface area contributed by atoms with Gasteiger partial charge < -0.3 is 142 Å². The lowest BCUT2D eigenvalue weighted by molar-refractivity contribution is -0.173. The zero-order chi connectivity index (χ0) is 99.1. The number of phosphoric acid groups is 6. The van der Waals surface area contributed by atoms with E-state index < -0.39 is 284 Å². The minimum Gasteiger partial charge on any atom is -0.412 e. The van der Waals surface area contributed by atoms with Gasteiger partial charge in [-0.15, -0.1) is 0 Å². The number of halogens is 11. The SMILES string of the molecule is N.NC/C=C/c1cn([C@@H]2O[C@H](COP(=O)(O)OP(=O)(O)OP(=O)(O)O)C(O)[C@@H]2O)c(=O)[nH]c1=O.O.O=C(NC/C=C/c1cn([C@@H]2O[C@H](CO)C(O)[C@@H]2O)c(=O)[nH]c1=O)C(F)(F)F.O=C(NC/C=C/c1cn([C@@H]2O[C@H](COP(=O)(Cl)Cl)C(O)[C@@H]2O)c(=O)[nH]c1=O)C(F)(F)F.O=C(NC/C=C/c1cn([C@@H]2O[C@H](COP(=O)(O)OP(=O)(O)OP(=O)(O)O)C(O)[C@@H]2O)c(=O)[nH]c1=O)C(F)(F)F. The number of aromatic amines is 4. The van der Waals surface area contributed by atoms with Crippen LogP contribution in [0.4, 0.5) is 39.5 Å². The van der Waals surface area contributed by atoms with E-state index in [9.17, 15) is 175 Å². The maximum Gasteiger partial charge on any atom is 0.490 e. The molecule has 8 rings (SSSR count). The van der Waals surface area contributed by atoms with Gasteiger partial charge in [0.05, 0.1) is 48.7 Å². The Balaban J connectivity index is 0.000000455. The van der Waals surface area contributed by atoms with E-state index in [1.54, 1.807) is 15.6 Å². The lowest BCUT2D eigenvalue weighted by Crippen LogP contribution is -2.38. The summed E-state index contributed by atoms with van der Waals surface area (Å²) in [7, 11) is -34.0. The Labute approximate surface area is 731 Å². The number of amides is 3. The molecule has 8 unspecified atom stereocenters. The summed E-state index contributed by atoms with van der Waals surface area (Å²) in [6.45, 7) is -5.21. The monoisotopic (exact) mass is 2120 g/mol. The number of rotatable bonds is 33. The number of nitrogens with zero attached hydrogens (tertiary/aromatic N) is 4. The van der Waals surface area contributed by atoms with Gasteiger partial charge in [-0.25, -0.2) is 46.6 Å². The van der Waals surface area contributed by atoms with Crippen molar-refractivity contribution in [3.8, 4) is 0 Å². The summed E-state index contributed by atoms with van der Waals surface area (Å²) < 4.78 is 239. The molecule has 4 aromatic rings. The largest absolute Gasteiger partial charge is 0.490 e. The molecule has 0 spiro atoms. The number of phosphoric ester groups is 2. The zero-order valence-electron chi connectivity index (χ0n) is 64.6. The number of nitrogens with two attached hydrogens (primary N) is 1. The standard InChI is InChI=1S/C14H15Cl2F3N3O8P.C14H19F3N3O16P3.C14H16F3N3O7.C12H20N3O15P3.H3N.H2O/c15-31(16,28)29-5-7-8(23)9(24)11(30-7)22-4-6(10(25)21-13(22)27)2-1-3-20-12(26)14(17,18)19;15-14(16,17)12(24)18-3-1-2-6-4-20(13(25)19-10(6)23)11-9(22)8(21)7(34-11)5-33-38(29,30)36-39(31,32)35-37(26,27)28;15-14(16,17)12(25)18-3-1-2-6-4-20(13(26)19-10(6)24)11-9(23)8(22)7(5-21)27-11;13-3-1-2-6-4-15(12(19)14-10(6)18)11-9(17)8(16)7(28-11)5-27-32(23,24)30-33(25,26)29-31(20,21)22;;/h1-2,4,7-9,11,23-24H,3,5H2,(H,20,26)(H,21,25,27);1-2,4,7-9,11,21-22H,3,5H2,(H,18,24)(H,29,30)(H,31,32)(H,19,23,25)(H2,26,27,28);1-2,4,7-9,11,21-23H,3,5H2,(H,18,25)(H,19,24,26);1-2,4,7-9,11,16-17H,3,5,13H2,(H,23,24)(H,25,26)(H,14,18,19)(H2,20,21,22);1H3;1H2/b4*2-1+;;/t4*7-,8?,9+,11-;;/m1111../s1. The lowest BCUT2D eigenvalue weighted by atomic mass is 10.1. The van der Waals surface area contributed by atoms with Crippen LogP contribution in [0.1, 0.15) is 47.2 Å². The second-order valence-corrected chi connectivity index (χ2v) is 38.4. The van der Waals surface area contributed by atoms with Gasteiger partial charge in [0.2, 0.25) is 0 Å². The number of alkyl halides is 9. The number of aliphatic hydroxyl groups excluding tert-OH is 9. The number of aliphatic hydroxyl groups is 9. The van der Waals surface area contributed by atoms with Crippen LogP contribution in [0.2, 0.25) is 0 Å². The molecule has 20 atom stereocenters. The molecule has 0 aromatic carbocycles. The predicted octanol–water partition coefficient (Wildman–Crippen LogP) is -6.71. The Morgan fingerprint density at radius 1 is 0.402 bits per heavy atom. The molecule has 0 saturated carbocycles. The smallest absolute Gasteiger partial charge is 0.412 e. The molecule has 3 amide bonds. The van der Waals surface area contributed by atoms with Crippen molar-refractivity contribution in [2.24, 2.45) is 5.73 Å². The van der Waals surface area contributed by atoms with E-state index in [0.717, 1.165) is 70.4 Å². The van der Waals surface area contributed by atoms with Crippen molar-refractivity contribution in [1.82, 2.24) is 60.3 Å². The van der Waals surface area contributed by atoms with Crippen LogP contribution in [0, 0.1) is 0 Å². The van der Waals surface area contributed by atoms with E-state index in [-0.39, 0.29) is 34.9 Å². The first-order chi connectivity index (χ1) is 59.4. The van der Waals surface area contributed by atoms with Crippen molar-refractivity contribution in [2.75, 3.05) is 52.6 Å². The minimum atomic E-state index is -5.85. The van der Waals surface area contributed by atoms with Gasteiger partial charge in [-0.2, -0.15) is 56.8 Å². The van der Waals surface area contributed by atoms with Crippen molar-refractivity contribution in [3.63, 3.8) is 0 Å². The molecule has 0 aliphatic carbocycles. The predicted molar refractivity (Wildman–Crippen MR) is 412 cm³/mol. The summed E-state index contributed by atoms with van der Waals surface area (Å²) >= 11 is 10.5. The van der Waals surface area contributed by atoms with Crippen LogP contribution in [0.5, 0.6) is 0 Å². The van der Waals surface area contributed by atoms with Gasteiger partial charge in [0.15, 0.2) is 24.9 Å². The van der Waals surface area contributed by atoms with Gasteiger partial charge >= 0.3 is 112 Å². The third-order valence-corrected chi connectivity index (χ3v) is 24.5. The van der Waals surface area contributed by atoms with E-state index in [4.69, 9.17) is 81.6 Å². The molecule has 4 aliphatic heterocycles. The summed E-state index contributed by atoms with van der Waals surface area (Å²) in [6, 6.07) is 0. The van der Waals surface area contributed by atoms with Crippen molar-refractivity contribution in [2.45, 2.75) is 117 Å². The second-order valence-electron chi connectivity index (χ2n) is 25.3. The normalized spacial score (nSPS) is 25.4. The van der Waals surface area contributed by atoms with Crippen molar-refractivity contribution in [3.05, 3.63) is 155 Å². The maximum absolute atomic E-state index is 12.2. The minimum absolute atomic E-state index is 0. The molecule has 0 bridgehead atoms. The van der Waals surface area contributed by atoms with E-state index in [1.165, 1.54) is 17.5 Å². The quantitative estimate of drug-likeness (QED) is 0.0156. The summed E-state index contributed by atoms with van der Waals surface area (Å²) in [5.74, 6) is -6.60. The molecule has 4 aromatic heterocycles. The zero-order valence-corrected chi connectivity index (χ0v) is 72.4. The van der Waals surface area contributed by atoms with Gasteiger partial charge in [-0.3, -0.25) is 85.4 Å². The van der Waals surface area contributed by atoms with Crippen LogP contribution < -0.4 is 72.8 Å². The van der Waals surface area contributed by atoms with Crippen LogP contribution in [0.25, 0.3) is 24.3 Å². The van der Waals surface area contributed by atoms with Gasteiger partial charge in [0.1, 0.15) is 73.2 Å². The molecule has 8 heterocycles. The van der Waals surface area contributed by atoms with Crippen LogP contribution in [0.3, 0.4) is 0 Å². The number of carbonyl (C=O) groups excluding carboxylic acids is 3. The summed E-state index contributed by atoms with van der Waals surface area (Å²) in [6.07, 6.45) is -33.1. The molecule has 4 saturated heterocycles. The van der Waals surface area contributed by atoms with Gasteiger partial charge in [-0.1, -0.05) is 48.6 Å². The highest BCUT2D eigenvalue weighted by Gasteiger charge is 2.52. The number of nitrogens with one attached hydrogen (secondary N) is 7. The fourth-order valence-corrected chi connectivity index (χ4v) is 17.0. The first-order valence-electron chi connectivity index (χ1n) is 34.1. The third kappa shape index (κ3) is 36.2. The lowest BCUT2D eigenvalue weighted by Gasteiger charge is -2.19. The molecule has 60 nitrogen and oxygen atoms in total. The van der Waals surface area contributed by atoms with Crippen molar-refractivity contribution >= 4 is 118 Å². The van der Waals surface area contributed by atoms with Gasteiger partial charge in [0, 0.05) is 51.0 Å². The first-order valence-corrected chi connectivity index (χ1v) is 46.6. The summed E-state index contributed by atoms with van der Waals surface area (Å²) in [5, 5.41) is 94.2. The number of aromatic nitrogens is 8. The van der Waals surface area contributed by atoms with Crippen LogP contribution >= 0.6 is 75.5 Å². The van der Waals surface area contributed by atoms with Crippen LogP contribution in [-0.4, -0.2) is 291 Å². The third-order valence-electron chi connectivity index (χ3n) is 15.9. The summed E-state index contributed by atoms with van der Waals surface area (Å²) in [4.78, 5) is 207. The number of ether oxygens (including phenoxy) is 4. The highest BCUT2D eigenvalue weighted by atomic mass is 35.9. The molecule has 78 heteroatoms. The van der Waals surface area contributed by atoms with Crippen molar-refractivity contribution < 1.29 is 226 Å². The van der Waals surface area contributed by atoms with Crippen molar-refractivity contribution in [1.29, 1.82) is 0 Å². The molecular formula is C54H75Cl2F9N13O47P7. The Bertz CT molecular complexity index is 5700. The molecule has 4 aliphatic rings. The number of carbonyl (C=O) groups is 3. The highest BCUT2D eigenvalue weighted by Crippen LogP contribution is 2.68. The van der Waals surface area contributed by atoms with Gasteiger partial charge in [-0.05, 0) is 22.5 Å². The average molecular weight is 2120 g/mol. The fourth-order valence-electron chi connectivity index (χ4n) is 10.2. The molecule has 750 valence electrons. The van der Waals surface area contributed by atoms with E-state index in [0.29, 0.717) is 9.13 Å². The highest BCUT2D eigenvalue weighted by molar-refractivity contribution is 8.05. The number of H-pyrrole nitrogens is 4. The topological polar surface area (TPSA) is 964 Å².